The minimum atomic E-state index is -0.774. The van der Waals surface area contributed by atoms with E-state index in [4.69, 9.17) is 0 Å². The van der Waals surface area contributed by atoms with E-state index < -0.39 is 5.60 Å². The van der Waals surface area contributed by atoms with Gasteiger partial charge in [-0.25, -0.2) is 0 Å². The molecule has 2 heteroatoms. The highest BCUT2D eigenvalue weighted by Gasteiger charge is 2.15. The summed E-state index contributed by atoms with van der Waals surface area (Å²) < 4.78 is 0. The van der Waals surface area contributed by atoms with E-state index in [1.54, 1.807) is 19.1 Å². The lowest BCUT2D eigenvalue weighted by molar-refractivity contribution is -0.115. The van der Waals surface area contributed by atoms with Crippen molar-refractivity contribution in [3.8, 4) is 0 Å². The summed E-state index contributed by atoms with van der Waals surface area (Å²) in [7, 11) is 0. The van der Waals surface area contributed by atoms with E-state index in [-0.39, 0.29) is 5.78 Å². The second kappa shape index (κ2) is 7.44. The zero-order valence-corrected chi connectivity index (χ0v) is 11.6. The van der Waals surface area contributed by atoms with Crippen molar-refractivity contribution in [2.75, 3.05) is 0 Å². The molecule has 0 bridgehead atoms. The highest BCUT2D eigenvalue weighted by atomic mass is 16.3. The van der Waals surface area contributed by atoms with Crippen LogP contribution in [-0.2, 0) is 4.79 Å². The van der Waals surface area contributed by atoms with Crippen LogP contribution in [-0.4, -0.2) is 16.5 Å². The van der Waals surface area contributed by atoms with E-state index in [0.29, 0.717) is 18.8 Å². The predicted octanol–water partition coefficient (Wildman–Crippen LogP) is 3.66. The summed E-state index contributed by atoms with van der Waals surface area (Å²) in [6.07, 6.45) is 6.47. The van der Waals surface area contributed by atoms with Crippen LogP contribution in [0.25, 0.3) is 0 Å². The van der Waals surface area contributed by atoms with Crippen LogP contribution in [0.3, 0.4) is 0 Å². The number of rotatable bonds is 8. The van der Waals surface area contributed by atoms with Crippen molar-refractivity contribution in [2.24, 2.45) is 5.92 Å². The topological polar surface area (TPSA) is 37.3 Å². The summed E-state index contributed by atoms with van der Waals surface area (Å²) in [6, 6.07) is 0. The lowest BCUT2D eigenvalue weighted by atomic mass is 9.93. The van der Waals surface area contributed by atoms with Crippen LogP contribution in [0.1, 0.15) is 53.4 Å². The fourth-order valence-electron chi connectivity index (χ4n) is 1.74. The first-order valence-corrected chi connectivity index (χ1v) is 6.30. The number of allylic oxidation sites excluding steroid dienone is 2. The fraction of sp³-hybridized carbons (Fsp3) is 0.667. The van der Waals surface area contributed by atoms with Gasteiger partial charge in [-0.15, -0.1) is 6.58 Å². The molecule has 1 N–H and O–H groups in total. The zero-order valence-electron chi connectivity index (χ0n) is 11.6. The molecule has 0 aromatic rings. The lowest BCUT2D eigenvalue weighted by Gasteiger charge is -2.19. The maximum Gasteiger partial charge on any atom is 0.155 e. The van der Waals surface area contributed by atoms with Crippen LogP contribution in [0.15, 0.2) is 24.3 Å². The molecule has 17 heavy (non-hydrogen) atoms. The van der Waals surface area contributed by atoms with Crippen molar-refractivity contribution >= 4 is 5.78 Å². The maximum atomic E-state index is 11.5. The Bertz CT molecular complexity index is 283. The van der Waals surface area contributed by atoms with E-state index in [1.807, 2.05) is 13.8 Å². The van der Waals surface area contributed by atoms with Crippen LogP contribution in [0.5, 0.6) is 0 Å². The van der Waals surface area contributed by atoms with Crippen molar-refractivity contribution in [3.63, 3.8) is 0 Å². The van der Waals surface area contributed by atoms with Crippen molar-refractivity contribution < 1.29 is 9.90 Å². The standard InChI is InChI=1S/C15H26O2/c1-6-15(5,17)9-7-8-13(4)11-14(16)10-12(2)3/h6,10,13,17H,1,7-9,11H2,2-5H3/t13-,15-/m1/s1. The average Bonchev–Trinajstić information content (AvgIpc) is 2.15. The van der Waals surface area contributed by atoms with Gasteiger partial charge in [0.1, 0.15) is 0 Å². The predicted molar refractivity (Wildman–Crippen MR) is 72.9 cm³/mol. The Morgan fingerprint density at radius 2 is 2.06 bits per heavy atom. The number of aliphatic hydroxyl groups is 1. The molecular formula is C15H26O2. The van der Waals surface area contributed by atoms with Gasteiger partial charge in [0.2, 0.25) is 0 Å². The van der Waals surface area contributed by atoms with Gasteiger partial charge in [0.15, 0.2) is 5.78 Å². The SMILES string of the molecule is C=C[C@@](C)(O)CCC[C@@H](C)CC(=O)C=C(C)C. The Hall–Kier alpha value is -0.890. The Kier molecular flexibility index (Phi) is 7.05. The summed E-state index contributed by atoms with van der Waals surface area (Å²) >= 11 is 0. The van der Waals surface area contributed by atoms with Crippen LogP contribution in [0, 0.1) is 5.92 Å². The fourth-order valence-corrected chi connectivity index (χ4v) is 1.74. The van der Waals surface area contributed by atoms with E-state index in [1.165, 1.54) is 0 Å². The largest absolute Gasteiger partial charge is 0.386 e. The van der Waals surface area contributed by atoms with Gasteiger partial charge >= 0.3 is 0 Å². The second-order valence-corrected chi connectivity index (χ2v) is 5.45. The summed E-state index contributed by atoms with van der Waals surface area (Å²) in [6.45, 7) is 11.3. The normalized spacial score (nSPS) is 15.8. The van der Waals surface area contributed by atoms with Gasteiger partial charge in [-0.05, 0) is 45.6 Å². The molecule has 0 spiro atoms. The van der Waals surface area contributed by atoms with E-state index in [2.05, 4.69) is 13.5 Å². The molecule has 0 rings (SSSR count). The molecule has 0 aromatic carbocycles. The quantitative estimate of drug-likeness (QED) is 0.517. The summed E-state index contributed by atoms with van der Waals surface area (Å²) in [4.78, 5) is 11.5. The molecule has 0 aliphatic rings. The highest BCUT2D eigenvalue weighted by molar-refractivity contribution is 5.90. The molecule has 98 valence electrons. The minimum Gasteiger partial charge on any atom is -0.386 e. The van der Waals surface area contributed by atoms with Crippen LogP contribution in [0.4, 0.5) is 0 Å². The molecule has 2 atom stereocenters. The molecular weight excluding hydrogens is 212 g/mol. The van der Waals surface area contributed by atoms with Crippen LogP contribution >= 0.6 is 0 Å². The van der Waals surface area contributed by atoms with Crippen molar-refractivity contribution in [1.29, 1.82) is 0 Å². The lowest BCUT2D eigenvalue weighted by Crippen LogP contribution is -2.20. The third-order valence-corrected chi connectivity index (χ3v) is 2.82. The minimum absolute atomic E-state index is 0.202. The van der Waals surface area contributed by atoms with Crippen molar-refractivity contribution in [3.05, 3.63) is 24.3 Å². The monoisotopic (exact) mass is 238 g/mol. The molecule has 0 unspecified atom stereocenters. The molecule has 0 radical (unpaired) electrons. The number of ketones is 1. The molecule has 0 aliphatic carbocycles. The first kappa shape index (κ1) is 16.1. The van der Waals surface area contributed by atoms with Crippen LogP contribution in [0.2, 0.25) is 0 Å². The van der Waals surface area contributed by atoms with E-state index >= 15 is 0 Å². The van der Waals surface area contributed by atoms with Gasteiger partial charge in [0, 0.05) is 6.42 Å². The average molecular weight is 238 g/mol. The molecule has 0 fully saturated rings. The van der Waals surface area contributed by atoms with Gasteiger partial charge in [-0.2, -0.15) is 0 Å². The summed E-state index contributed by atoms with van der Waals surface area (Å²) in [5, 5.41) is 9.74. The Labute approximate surface area is 105 Å². The molecule has 0 heterocycles. The zero-order chi connectivity index (χ0) is 13.5. The van der Waals surface area contributed by atoms with Crippen LogP contribution < -0.4 is 0 Å². The smallest absolute Gasteiger partial charge is 0.155 e. The number of hydrogen-bond acceptors (Lipinski definition) is 2. The second-order valence-electron chi connectivity index (χ2n) is 5.45. The third-order valence-electron chi connectivity index (χ3n) is 2.82. The highest BCUT2D eigenvalue weighted by Crippen LogP contribution is 2.19. The number of carbonyl (C=O) groups is 1. The van der Waals surface area contributed by atoms with Gasteiger partial charge in [-0.1, -0.05) is 25.0 Å². The van der Waals surface area contributed by atoms with Crippen molar-refractivity contribution in [2.45, 2.75) is 59.0 Å². The Morgan fingerprint density at radius 3 is 2.53 bits per heavy atom. The van der Waals surface area contributed by atoms with Gasteiger partial charge in [0.05, 0.1) is 5.60 Å². The van der Waals surface area contributed by atoms with E-state index in [0.717, 1.165) is 18.4 Å². The van der Waals surface area contributed by atoms with Gasteiger partial charge < -0.3 is 5.11 Å². The summed E-state index contributed by atoms with van der Waals surface area (Å²) in [5.74, 6) is 0.576. The van der Waals surface area contributed by atoms with Crippen molar-refractivity contribution in [1.82, 2.24) is 0 Å². The number of hydrogen-bond donors (Lipinski definition) is 1. The van der Waals surface area contributed by atoms with Gasteiger partial charge in [0.25, 0.3) is 0 Å². The third kappa shape index (κ3) is 8.87. The molecule has 0 aromatic heterocycles. The Balaban J connectivity index is 3.88. The molecule has 0 saturated heterocycles. The first-order chi connectivity index (χ1) is 7.76. The molecule has 0 saturated carbocycles. The molecule has 2 nitrogen and oxygen atoms in total. The summed E-state index contributed by atoms with van der Waals surface area (Å²) in [5.41, 5.74) is 0.278. The number of carbonyl (C=O) groups excluding carboxylic acids is 1. The molecule has 0 amide bonds. The molecule has 0 aliphatic heterocycles. The maximum absolute atomic E-state index is 11.5. The van der Waals surface area contributed by atoms with Gasteiger partial charge in [-0.3, -0.25) is 4.79 Å². The Morgan fingerprint density at radius 1 is 1.47 bits per heavy atom. The first-order valence-electron chi connectivity index (χ1n) is 6.30. The van der Waals surface area contributed by atoms with E-state index in [9.17, 15) is 9.90 Å².